The number of hydrogen-bond acceptors (Lipinski definition) is 5. The van der Waals surface area contributed by atoms with Crippen LogP contribution in [0.5, 0.6) is 5.75 Å². The van der Waals surface area contributed by atoms with Crippen molar-refractivity contribution >= 4 is 28.2 Å². The first-order chi connectivity index (χ1) is 13.0. The number of carbonyl (C=O) groups excluding carboxylic acids is 2. The molecule has 2 aromatic rings. The van der Waals surface area contributed by atoms with Gasteiger partial charge in [0.2, 0.25) is 5.91 Å². The van der Waals surface area contributed by atoms with Crippen molar-refractivity contribution in [1.29, 1.82) is 0 Å². The minimum Gasteiger partial charge on any atom is -0.497 e. The van der Waals surface area contributed by atoms with Gasteiger partial charge in [-0.2, -0.15) is 0 Å². The van der Waals surface area contributed by atoms with E-state index in [9.17, 15) is 9.59 Å². The summed E-state index contributed by atoms with van der Waals surface area (Å²) >= 11 is 1.51. The van der Waals surface area contributed by atoms with Crippen LogP contribution in [0.1, 0.15) is 46.6 Å². The van der Waals surface area contributed by atoms with E-state index in [0.29, 0.717) is 23.1 Å². The molecule has 0 saturated heterocycles. The van der Waals surface area contributed by atoms with Crippen LogP contribution in [0.3, 0.4) is 0 Å². The Morgan fingerprint density at radius 3 is 2.67 bits per heavy atom. The number of methoxy groups -OCH3 is 1. The maximum absolute atomic E-state index is 12.6. The number of anilines is 1. The van der Waals surface area contributed by atoms with Gasteiger partial charge >= 0.3 is 5.97 Å². The van der Waals surface area contributed by atoms with Crippen molar-refractivity contribution in [3.63, 3.8) is 0 Å². The van der Waals surface area contributed by atoms with Crippen LogP contribution < -0.4 is 10.1 Å². The minimum absolute atomic E-state index is 0.141. The van der Waals surface area contributed by atoms with Crippen molar-refractivity contribution in [2.75, 3.05) is 19.0 Å². The molecule has 5 nitrogen and oxygen atoms in total. The molecule has 6 heteroatoms. The van der Waals surface area contributed by atoms with Gasteiger partial charge in [0.15, 0.2) is 0 Å². The summed E-state index contributed by atoms with van der Waals surface area (Å²) in [6, 6.07) is 7.40. The highest BCUT2D eigenvalue weighted by molar-refractivity contribution is 7.17. The largest absolute Gasteiger partial charge is 0.497 e. The van der Waals surface area contributed by atoms with Crippen LogP contribution in [-0.4, -0.2) is 25.6 Å². The second kappa shape index (κ2) is 8.57. The Kier molecular flexibility index (Phi) is 6.16. The molecule has 0 spiro atoms. The first-order valence-electron chi connectivity index (χ1n) is 9.26. The van der Waals surface area contributed by atoms with Gasteiger partial charge in [0.25, 0.3) is 0 Å². The zero-order valence-corrected chi connectivity index (χ0v) is 16.8. The molecule has 0 fully saturated rings. The first-order valence-corrected chi connectivity index (χ1v) is 10.1. The number of thiophene rings is 1. The Bertz CT molecular complexity index is 825. The number of fused-ring (bicyclic) bond motifs is 1. The van der Waals surface area contributed by atoms with Gasteiger partial charge in [-0.15, -0.1) is 11.3 Å². The molecule has 1 N–H and O–H groups in total. The van der Waals surface area contributed by atoms with Crippen LogP contribution in [0.25, 0.3) is 0 Å². The number of amides is 1. The second-order valence-electron chi connectivity index (χ2n) is 6.85. The van der Waals surface area contributed by atoms with E-state index in [2.05, 4.69) is 12.2 Å². The van der Waals surface area contributed by atoms with Crippen molar-refractivity contribution in [2.45, 2.75) is 39.5 Å². The van der Waals surface area contributed by atoms with E-state index in [-0.39, 0.29) is 18.3 Å². The number of esters is 1. The van der Waals surface area contributed by atoms with E-state index >= 15 is 0 Å². The molecule has 27 heavy (non-hydrogen) atoms. The molecule has 144 valence electrons. The topological polar surface area (TPSA) is 64.6 Å². The zero-order valence-electron chi connectivity index (χ0n) is 16.0. The highest BCUT2D eigenvalue weighted by Crippen LogP contribution is 2.40. The van der Waals surface area contributed by atoms with Gasteiger partial charge in [0.1, 0.15) is 10.8 Å². The predicted molar refractivity (Wildman–Crippen MR) is 107 cm³/mol. The number of rotatable bonds is 6. The molecular weight excluding hydrogens is 362 g/mol. The van der Waals surface area contributed by atoms with Crippen LogP contribution >= 0.6 is 11.3 Å². The molecule has 1 aliphatic carbocycles. The molecule has 1 heterocycles. The summed E-state index contributed by atoms with van der Waals surface area (Å²) in [6.45, 7) is 4.33. The quantitative estimate of drug-likeness (QED) is 0.753. The summed E-state index contributed by atoms with van der Waals surface area (Å²) in [4.78, 5) is 26.3. The first kappa shape index (κ1) is 19.4. The maximum atomic E-state index is 12.6. The number of hydrogen-bond donors (Lipinski definition) is 1. The molecule has 1 amide bonds. The lowest BCUT2D eigenvalue weighted by molar-refractivity contribution is -0.115. The lowest BCUT2D eigenvalue weighted by Gasteiger charge is -2.18. The van der Waals surface area contributed by atoms with E-state index in [4.69, 9.17) is 9.47 Å². The average Bonchev–Trinajstić information content (AvgIpc) is 2.99. The Labute approximate surface area is 163 Å². The molecule has 1 atom stereocenters. The summed E-state index contributed by atoms with van der Waals surface area (Å²) in [5, 5.41) is 3.56. The molecule has 0 saturated carbocycles. The summed E-state index contributed by atoms with van der Waals surface area (Å²) in [7, 11) is 1.61. The van der Waals surface area contributed by atoms with Crippen LogP contribution in [0.4, 0.5) is 5.00 Å². The fourth-order valence-corrected chi connectivity index (χ4v) is 4.77. The predicted octanol–water partition coefficient (Wildman–Crippen LogP) is 4.24. The van der Waals surface area contributed by atoms with Gasteiger partial charge in [0.05, 0.1) is 25.7 Å². The Balaban J connectivity index is 1.80. The van der Waals surface area contributed by atoms with Crippen molar-refractivity contribution < 1.29 is 19.1 Å². The fourth-order valence-electron chi connectivity index (χ4n) is 3.36. The van der Waals surface area contributed by atoms with E-state index < -0.39 is 0 Å². The van der Waals surface area contributed by atoms with E-state index in [1.807, 2.05) is 24.3 Å². The molecular formula is C21H25NO4S. The Morgan fingerprint density at radius 1 is 1.26 bits per heavy atom. The van der Waals surface area contributed by atoms with E-state index in [1.165, 1.54) is 16.2 Å². The van der Waals surface area contributed by atoms with Gasteiger partial charge in [-0.25, -0.2) is 4.79 Å². The minimum atomic E-state index is -0.343. The SMILES string of the molecule is CCOC(=O)c1c(NC(=O)Cc2ccc(OC)cc2)sc2c1CCC(C)C2. The van der Waals surface area contributed by atoms with E-state index in [1.54, 1.807) is 14.0 Å². The van der Waals surface area contributed by atoms with Crippen LogP contribution in [0.2, 0.25) is 0 Å². The van der Waals surface area contributed by atoms with Crippen LogP contribution in [0, 0.1) is 5.92 Å². The smallest absolute Gasteiger partial charge is 0.341 e. The molecule has 0 aliphatic heterocycles. The zero-order chi connectivity index (χ0) is 19.4. The molecule has 1 unspecified atom stereocenters. The standard InChI is InChI=1S/C21H25NO4S/c1-4-26-21(24)19-16-10-5-13(2)11-17(16)27-20(19)22-18(23)12-14-6-8-15(25-3)9-7-14/h6-9,13H,4-5,10-12H2,1-3H3,(H,22,23). The maximum Gasteiger partial charge on any atom is 0.341 e. The fraction of sp³-hybridized carbons (Fsp3) is 0.429. The van der Waals surface area contributed by atoms with E-state index in [0.717, 1.165) is 36.1 Å². The number of benzene rings is 1. The molecule has 0 bridgehead atoms. The monoisotopic (exact) mass is 387 g/mol. The van der Waals surface area contributed by atoms with Gasteiger partial charge in [-0.3, -0.25) is 4.79 Å². The van der Waals surface area contributed by atoms with Crippen molar-refractivity contribution in [2.24, 2.45) is 5.92 Å². The van der Waals surface area contributed by atoms with Gasteiger partial charge < -0.3 is 14.8 Å². The summed E-state index contributed by atoms with van der Waals surface area (Å²) in [5.41, 5.74) is 2.49. The van der Waals surface area contributed by atoms with Gasteiger partial charge in [-0.05, 0) is 55.4 Å². The summed E-state index contributed by atoms with van der Waals surface area (Å²) < 4.78 is 10.4. The Morgan fingerprint density at radius 2 is 2.00 bits per heavy atom. The molecule has 1 aromatic heterocycles. The molecule has 1 aliphatic rings. The highest BCUT2D eigenvalue weighted by Gasteiger charge is 2.29. The summed E-state index contributed by atoms with van der Waals surface area (Å²) in [6.07, 6.45) is 3.09. The molecule has 3 rings (SSSR count). The van der Waals surface area contributed by atoms with Gasteiger partial charge in [-0.1, -0.05) is 19.1 Å². The van der Waals surface area contributed by atoms with Crippen LogP contribution in [-0.2, 0) is 28.8 Å². The normalized spacial score (nSPS) is 15.7. The van der Waals surface area contributed by atoms with Crippen molar-refractivity contribution in [3.05, 3.63) is 45.8 Å². The third-order valence-electron chi connectivity index (χ3n) is 4.77. The number of nitrogens with one attached hydrogen (secondary N) is 1. The number of ether oxygens (including phenoxy) is 2. The third-order valence-corrected chi connectivity index (χ3v) is 5.94. The molecule has 1 aromatic carbocycles. The van der Waals surface area contributed by atoms with Gasteiger partial charge in [0, 0.05) is 4.88 Å². The van der Waals surface area contributed by atoms with Crippen molar-refractivity contribution in [1.82, 2.24) is 0 Å². The van der Waals surface area contributed by atoms with Crippen LogP contribution in [0.15, 0.2) is 24.3 Å². The highest BCUT2D eigenvalue weighted by atomic mass is 32.1. The lowest BCUT2D eigenvalue weighted by atomic mass is 9.88. The Hall–Kier alpha value is -2.34. The lowest BCUT2D eigenvalue weighted by Crippen LogP contribution is -2.17. The number of carbonyl (C=O) groups is 2. The second-order valence-corrected chi connectivity index (χ2v) is 7.95. The average molecular weight is 388 g/mol. The third kappa shape index (κ3) is 4.50. The molecule has 0 radical (unpaired) electrons. The summed E-state index contributed by atoms with van der Waals surface area (Å²) in [5.74, 6) is 0.861. The van der Waals surface area contributed by atoms with Crippen molar-refractivity contribution in [3.8, 4) is 5.75 Å².